The van der Waals surface area contributed by atoms with Gasteiger partial charge in [0.05, 0.1) is 6.61 Å². The van der Waals surface area contributed by atoms with Crippen LogP contribution in [-0.4, -0.2) is 43.3 Å². The van der Waals surface area contributed by atoms with Crippen molar-refractivity contribution >= 4 is 17.8 Å². The summed E-state index contributed by atoms with van der Waals surface area (Å²) in [6.45, 7) is 2.06. The van der Waals surface area contributed by atoms with Crippen molar-refractivity contribution < 1.29 is 14.3 Å². The number of amides is 3. The van der Waals surface area contributed by atoms with Crippen LogP contribution in [-0.2, 0) is 17.6 Å². The van der Waals surface area contributed by atoms with E-state index in [-0.39, 0.29) is 12.1 Å². The molecule has 0 atom stereocenters. The van der Waals surface area contributed by atoms with Crippen LogP contribution in [0.4, 0.5) is 15.3 Å². The van der Waals surface area contributed by atoms with Gasteiger partial charge in [0, 0.05) is 25.3 Å². The lowest BCUT2D eigenvalue weighted by molar-refractivity contribution is 0.0736. The predicted molar refractivity (Wildman–Crippen MR) is 83.0 cm³/mol. The van der Waals surface area contributed by atoms with Crippen molar-refractivity contribution in [3.8, 4) is 0 Å². The fraction of sp³-hybridized carbons (Fsp3) is 0.500. The molecule has 3 rings (SSSR count). The Kier molecular flexibility index (Phi) is 4.46. The number of benzene rings is 1. The summed E-state index contributed by atoms with van der Waals surface area (Å²) < 4.78 is 4.95. The van der Waals surface area contributed by atoms with Crippen molar-refractivity contribution in [1.29, 1.82) is 0 Å². The molecule has 0 bridgehead atoms. The smallest absolute Gasteiger partial charge is 0.409 e. The highest BCUT2D eigenvalue weighted by atomic mass is 16.6. The van der Waals surface area contributed by atoms with E-state index in [1.807, 2.05) is 12.1 Å². The van der Waals surface area contributed by atoms with Gasteiger partial charge in [-0.25, -0.2) is 9.59 Å². The molecule has 6 nitrogen and oxygen atoms in total. The number of carbonyl (C=O) groups excluding carboxylic acids is 2. The molecule has 1 aromatic rings. The van der Waals surface area contributed by atoms with Crippen LogP contribution >= 0.6 is 0 Å². The maximum atomic E-state index is 12.0. The van der Waals surface area contributed by atoms with Gasteiger partial charge in [-0.05, 0) is 42.9 Å². The van der Waals surface area contributed by atoms with Gasteiger partial charge in [0.15, 0.2) is 0 Å². The molecule has 0 spiro atoms. The maximum Gasteiger partial charge on any atom is 0.409 e. The van der Waals surface area contributed by atoms with Crippen LogP contribution in [0, 0.1) is 0 Å². The average Bonchev–Trinajstić information content (AvgIpc) is 2.99. The van der Waals surface area contributed by atoms with E-state index < -0.39 is 0 Å². The van der Waals surface area contributed by atoms with Gasteiger partial charge < -0.3 is 20.3 Å². The summed E-state index contributed by atoms with van der Waals surface area (Å²) in [6, 6.07) is 5.80. The number of hydrogen-bond donors (Lipinski definition) is 2. The number of nitrogens with zero attached hydrogens (tertiary/aromatic N) is 1. The van der Waals surface area contributed by atoms with Crippen molar-refractivity contribution in [1.82, 2.24) is 10.2 Å². The number of aryl methyl sites for hydroxylation is 1. The molecule has 2 aliphatic rings. The van der Waals surface area contributed by atoms with Gasteiger partial charge in [0.1, 0.15) is 0 Å². The fourth-order valence-corrected chi connectivity index (χ4v) is 3.01. The van der Waals surface area contributed by atoms with Crippen molar-refractivity contribution in [3.63, 3.8) is 0 Å². The second-order valence-electron chi connectivity index (χ2n) is 5.63. The molecule has 0 aromatic heterocycles. The van der Waals surface area contributed by atoms with Crippen LogP contribution in [0.15, 0.2) is 18.2 Å². The SMILES string of the molecule is O=C(NCCN1CCCOC1=O)Nc1cccc2c1CCC2. The molecule has 0 saturated carbocycles. The maximum absolute atomic E-state index is 12.0. The molecule has 2 N–H and O–H groups in total. The Morgan fingerprint density at radius 1 is 1.27 bits per heavy atom. The topological polar surface area (TPSA) is 70.7 Å². The lowest BCUT2D eigenvalue weighted by Gasteiger charge is -2.26. The Morgan fingerprint density at radius 2 is 2.18 bits per heavy atom. The molecular weight excluding hydrogens is 282 g/mol. The van der Waals surface area contributed by atoms with E-state index in [4.69, 9.17) is 4.74 Å². The average molecular weight is 303 g/mol. The first-order valence-corrected chi connectivity index (χ1v) is 7.81. The van der Waals surface area contributed by atoms with Gasteiger partial charge in [0.25, 0.3) is 0 Å². The van der Waals surface area contributed by atoms with E-state index in [2.05, 4.69) is 16.7 Å². The summed E-state index contributed by atoms with van der Waals surface area (Å²) in [5, 5.41) is 5.70. The summed E-state index contributed by atoms with van der Waals surface area (Å²) in [4.78, 5) is 25.1. The first-order valence-electron chi connectivity index (χ1n) is 7.81. The molecule has 22 heavy (non-hydrogen) atoms. The highest BCUT2D eigenvalue weighted by Gasteiger charge is 2.19. The van der Waals surface area contributed by atoms with Gasteiger partial charge in [-0.3, -0.25) is 0 Å². The van der Waals surface area contributed by atoms with Crippen molar-refractivity contribution in [2.45, 2.75) is 25.7 Å². The summed E-state index contributed by atoms with van der Waals surface area (Å²) >= 11 is 0. The summed E-state index contributed by atoms with van der Waals surface area (Å²) in [5.74, 6) is 0. The van der Waals surface area contributed by atoms with Gasteiger partial charge in [-0.1, -0.05) is 12.1 Å². The number of urea groups is 1. The van der Waals surface area contributed by atoms with E-state index in [1.54, 1.807) is 4.90 Å². The lowest BCUT2D eigenvalue weighted by Crippen LogP contribution is -2.43. The minimum Gasteiger partial charge on any atom is -0.449 e. The van der Waals surface area contributed by atoms with E-state index >= 15 is 0 Å². The van der Waals surface area contributed by atoms with Crippen LogP contribution in [0.2, 0.25) is 0 Å². The highest BCUT2D eigenvalue weighted by molar-refractivity contribution is 5.90. The monoisotopic (exact) mass is 303 g/mol. The predicted octanol–water partition coefficient (Wildman–Crippen LogP) is 2.14. The van der Waals surface area contributed by atoms with Crippen LogP contribution in [0.5, 0.6) is 0 Å². The zero-order valence-electron chi connectivity index (χ0n) is 12.6. The van der Waals surface area contributed by atoms with Gasteiger partial charge in [0.2, 0.25) is 0 Å². The molecular formula is C16H21N3O3. The lowest BCUT2D eigenvalue weighted by atomic mass is 10.1. The first-order chi connectivity index (χ1) is 10.7. The van der Waals surface area contributed by atoms with Crippen LogP contribution in [0.3, 0.4) is 0 Å². The Morgan fingerprint density at radius 3 is 3.05 bits per heavy atom. The minimum atomic E-state index is -0.297. The van der Waals surface area contributed by atoms with Gasteiger partial charge in [-0.15, -0.1) is 0 Å². The third-order valence-electron chi connectivity index (χ3n) is 4.12. The quantitative estimate of drug-likeness (QED) is 0.895. The van der Waals surface area contributed by atoms with Crippen molar-refractivity contribution in [2.24, 2.45) is 0 Å². The molecule has 6 heteroatoms. The number of rotatable bonds is 4. The number of nitrogens with one attached hydrogen (secondary N) is 2. The number of fused-ring (bicyclic) bond motifs is 1. The number of carbonyl (C=O) groups is 2. The van der Waals surface area contributed by atoms with E-state index in [0.717, 1.165) is 31.4 Å². The zero-order valence-corrected chi connectivity index (χ0v) is 12.6. The number of hydrogen-bond acceptors (Lipinski definition) is 3. The molecule has 3 amide bonds. The van der Waals surface area contributed by atoms with Crippen LogP contribution in [0.25, 0.3) is 0 Å². The van der Waals surface area contributed by atoms with Crippen molar-refractivity contribution in [2.75, 3.05) is 31.6 Å². The van der Waals surface area contributed by atoms with Crippen LogP contribution < -0.4 is 10.6 Å². The Hall–Kier alpha value is -2.24. The molecule has 0 radical (unpaired) electrons. The number of ether oxygens (including phenoxy) is 1. The van der Waals surface area contributed by atoms with Gasteiger partial charge in [-0.2, -0.15) is 0 Å². The molecule has 1 aliphatic carbocycles. The molecule has 1 fully saturated rings. The Balaban J connectivity index is 1.47. The zero-order chi connectivity index (χ0) is 15.4. The largest absolute Gasteiger partial charge is 0.449 e. The molecule has 1 aliphatic heterocycles. The number of anilines is 1. The summed E-state index contributed by atoms with van der Waals surface area (Å²) in [5.41, 5.74) is 3.47. The van der Waals surface area contributed by atoms with E-state index in [9.17, 15) is 9.59 Å². The normalized spacial score (nSPS) is 16.9. The second-order valence-corrected chi connectivity index (χ2v) is 5.63. The third-order valence-corrected chi connectivity index (χ3v) is 4.12. The second kappa shape index (κ2) is 6.68. The molecule has 118 valence electrons. The highest BCUT2D eigenvalue weighted by Crippen LogP contribution is 2.28. The molecule has 1 aromatic carbocycles. The van der Waals surface area contributed by atoms with Crippen molar-refractivity contribution in [3.05, 3.63) is 29.3 Å². The minimum absolute atomic E-state index is 0.231. The Labute approximate surface area is 129 Å². The molecule has 1 heterocycles. The molecule has 1 saturated heterocycles. The summed E-state index contributed by atoms with van der Waals surface area (Å²) in [7, 11) is 0. The van der Waals surface area contributed by atoms with E-state index in [0.29, 0.717) is 26.2 Å². The first kappa shape index (κ1) is 14.7. The van der Waals surface area contributed by atoms with Crippen LogP contribution in [0.1, 0.15) is 24.0 Å². The fourth-order valence-electron chi connectivity index (χ4n) is 3.01. The Bertz CT molecular complexity index is 574. The van der Waals surface area contributed by atoms with E-state index in [1.165, 1.54) is 11.1 Å². The molecule has 0 unspecified atom stereocenters. The summed E-state index contributed by atoms with van der Waals surface area (Å²) in [6.07, 6.45) is 3.80. The third kappa shape index (κ3) is 3.32. The number of cyclic esters (lactones) is 1. The standard InChI is InChI=1S/C16H21N3O3/c20-15(17-8-10-19-9-3-11-22-16(19)21)18-14-7-2-5-12-4-1-6-13(12)14/h2,5,7H,1,3-4,6,8-11H2,(H2,17,18,20). The van der Waals surface area contributed by atoms with Gasteiger partial charge >= 0.3 is 12.1 Å².